The molecule has 20 heavy (non-hydrogen) atoms. The van der Waals surface area contributed by atoms with Crippen molar-refractivity contribution < 1.29 is 19.5 Å². The minimum absolute atomic E-state index is 0.0470. The van der Waals surface area contributed by atoms with Crippen molar-refractivity contribution in [2.24, 2.45) is 0 Å². The van der Waals surface area contributed by atoms with E-state index in [-0.39, 0.29) is 24.1 Å². The normalized spacial score (nSPS) is 13.8. The molecule has 0 spiro atoms. The van der Waals surface area contributed by atoms with E-state index in [0.717, 1.165) is 0 Å². The summed E-state index contributed by atoms with van der Waals surface area (Å²) in [6.45, 7) is 0.150. The molecule has 11 heteroatoms. The molecule has 1 atom stereocenters. The molecule has 0 aliphatic carbocycles. The van der Waals surface area contributed by atoms with Crippen LogP contribution in [-0.2, 0) is 11.1 Å². The maximum atomic E-state index is 11.4. The standard InChI is InChI=1S/C9H13N4O6P/c14-5(3-20(17,18)19)1-2-13-4-10-6-7(13)11-9(16)12-8(6)15/h4-5,14H,1-3H2,(H2,17,18,19)(H2,11,12,15,16)/t5-/m0/s1. The number of aromatic amines is 2. The van der Waals surface area contributed by atoms with Crippen molar-refractivity contribution in [2.75, 3.05) is 6.16 Å². The predicted molar refractivity (Wildman–Crippen MR) is 68.5 cm³/mol. The lowest BCUT2D eigenvalue weighted by atomic mass is 10.3. The number of aliphatic hydroxyl groups is 1. The van der Waals surface area contributed by atoms with Gasteiger partial charge in [0, 0.05) is 6.54 Å². The molecule has 0 saturated heterocycles. The van der Waals surface area contributed by atoms with E-state index in [9.17, 15) is 19.3 Å². The molecule has 2 heterocycles. The quantitative estimate of drug-likeness (QED) is 0.413. The summed E-state index contributed by atoms with van der Waals surface area (Å²) in [7, 11) is -4.28. The first-order valence-corrected chi connectivity index (χ1v) is 7.46. The van der Waals surface area contributed by atoms with Crippen molar-refractivity contribution in [1.29, 1.82) is 0 Å². The van der Waals surface area contributed by atoms with Crippen molar-refractivity contribution in [1.82, 2.24) is 19.5 Å². The van der Waals surface area contributed by atoms with E-state index in [4.69, 9.17) is 9.79 Å². The molecular weight excluding hydrogens is 291 g/mol. The van der Waals surface area contributed by atoms with Gasteiger partial charge in [0.15, 0.2) is 5.52 Å². The molecule has 2 aromatic rings. The van der Waals surface area contributed by atoms with Crippen LogP contribution in [0.15, 0.2) is 15.9 Å². The van der Waals surface area contributed by atoms with Crippen molar-refractivity contribution in [3.63, 3.8) is 0 Å². The summed E-state index contributed by atoms with van der Waals surface area (Å²) in [6.07, 6.45) is -0.482. The first kappa shape index (κ1) is 14.7. The molecule has 110 valence electrons. The monoisotopic (exact) mass is 304 g/mol. The highest BCUT2D eigenvalue weighted by atomic mass is 31.2. The Balaban J connectivity index is 2.17. The van der Waals surface area contributed by atoms with E-state index in [1.54, 1.807) is 0 Å². The molecule has 0 aromatic carbocycles. The Bertz CT molecular complexity index is 771. The Hall–Kier alpha value is -1.74. The molecule has 2 aromatic heterocycles. The number of rotatable bonds is 5. The number of aromatic nitrogens is 4. The minimum atomic E-state index is -4.28. The van der Waals surface area contributed by atoms with Crippen LogP contribution in [-0.4, -0.2) is 46.7 Å². The van der Waals surface area contributed by atoms with Crippen molar-refractivity contribution in [2.45, 2.75) is 19.1 Å². The Labute approximate surface area is 111 Å². The van der Waals surface area contributed by atoms with Crippen LogP contribution in [0.1, 0.15) is 6.42 Å². The second kappa shape index (κ2) is 5.33. The second-order valence-electron chi connectivity index (χ2n) is 4.33. The fourth-order valence-electron chi connectivity index (χ4n) is 1.80. The number of aliphatic hydroxyl groups excluding tert-OH is 1. The van der Waals surface area contributed by atoms with E-state index < -0.39 is 31.1 Å². The molecule has 2 rings (SSSR count). The third kappa shape index (κ3) is 3.42. The SMILES string of the molecule is O=c1[nH]c(=O)c2ncn(CC[C@H](O)CP(=O)(O)O)c2[nH]1. The molecule has 5 N–H and O–H groups in total. The summed E-state index contributed by atoms with van der Waals surface area (Å²) in [4.78, 5) is 48.3. The van der Waals surface area contributed by atoms with Crippen LogP contribution in [0.2, 0.25) is 0 Å². The molecule has 0 aliphatic heterocycles. The second-order valence-corrected chi connectivity index (χ2v) is 6.03. The highest BCUT2D eigenvalue weighted by molar-refractivity contribution is 7.51. The van der Waals surface area contributed by atoms with Crippen LogP contribution in [0, 0.1) is 0 Å². The number of hydrogen-bond acceptors (Lipinski definition) is 5. The predicted octanol–water partition coefficient (Wildman–Crippen LogP) is -1.66. The zero-order valence-electron chi connectivity index (χ0n) is 10.2. The van der Waals surface area contributed by atoms with Gasteiger partial charge in [-0.3, -0.25) is 19.3 Å². The summed E-state index contributed by atoms with van der Waals surface area (Å²) < 4.78 is 12.2. The maximum Gasteiger partial charge on any atom is 0.328 e. The van der Waals surface area contributed by atoms with Crippen molar-refractivity contribution in [3.8, 4) is 0 Å². The molecule has 0 fully saturated rings. The Morgan fingerprint density at radius 3 is 2.70 bits per heavy atom. The zero-order valence-corrected chi connectivity index (χ0v) is 11.1. The average Bonchev–Trinajstić information content (AvgIpc) is 2.67. The molecule has 0 amide bonds. The smallest absolute Gasteiger partial charge is 0.328 e. The van der Waals surface area contributed by atoms with Crippen LogP contribution in [0.3, 0.4) is 0 Å². The van der Waals surface area contributed by atoms with Gasteiger partial charge in [0.25, 0.3) is 5.56 Å². The molecule has 0 radical (unpaired) electrons. The minimum Gasteiger partial charge on any atom is -0.392 e. The summed E-state index contributed by atoms with van der Waals surface area (Å²) in [5.41, 5.74) is -1.06. The van der Waals surface area contributed by atoms with Gasteiger partial charge in [-0.05, 0) is 6.42 Å². The van der Waals surface area contributed by atoms with Crippen LogP contribution < -0.4 is 11.2 Å². The number of H-pyrrole nitrogens is 2. The summed E-state index contributed by atoms with van der Waals surface area (Å²) in [6, 6.07) is 0. The van der Waals surface area contributed by atoms with Crippen LogP contribution in [0.4, 0.5) is 0 Å². The lowest BCUT2D eigenvalue weighted by Crippen LogP contribution is -2.23. The molecule has 0 aliphatic rings. The van der Waals surface area contributed by atoms with E-state index in [2.05, 4.69) is 9.97 Å². The first-order valence-electron chi connectivity index (χ1n) is 5.66. The van der Waals surface area contributed by atoms with Gasteiger partial charge in [-0.15, -0.1) is 0 Å². The molecule has 0 bridgehead atoms. The van der Waals surface area contributed by atoms with E-state index >= 15 is 0 Å². The van der Waals surface area contributed by atoms with Gasteiger partial charge in [0.05, 0.1) is 18.6 Å². The van der Waals surface area contributed by atoms with Crippen molar-refractivity contribution in [3.05, 3.63) is 27.2 Å². The zero-order chi connectivity index (χ0) is 14.9. The summed E-state index contributed by atoms with van der Waals surface area (Å²) in [5.74, 6) is 0. The maximum absolute atomic E-state index is 11.4. The number of nitrogens with zero attached hydrogens (tertiary/aromatic N) is 2. The van der Waals surface area contributed by atoms with Gasteiger partial charge in [0.1, 0.15) is 5.65 Å². The fraction of sp³-hybridized carbons (Fsp3) is 0.444. The van der Waals surface area contributed by atoms with E-state index in [1.165, 1.54) is 10.9 Å². The highest BCUT2D eigenvalue weighted by Crippen LogP contribution is 2.35. The summed E-state index contributed by atoms with van der Waals surface area (Å²) >= 11 is 0. The first-order chi connectivity index (χ1) is 9.26. The van der Waals surface area contributed by atoms with Gasteiger partial charge in [-0.1, -0.05) is 0 Å². The third-order valence-corrected chi connectivity index (χ3v) is 3.56. The Morgan fingerprint density at radius 2 is 2.05 bits per heavy atom. The van der Waals surface area contributed by atoms with Gasteiger partial charge in [-0.25, -0.2) is 9.78 Å². The number of fused-ring (bicyclic) bond motifs is 1. The number of hydrogen-bond donors (Lipinski definition) is 5. The fourth-order valence-corrected chi connectivity index (χ4v) is 2.54. The number of aryl methyl sites for hydroxylation is 1. The van der Waals surface area contributed by atoms with Crippen LogP contribution in [0.25, 0.3) is 11.2 Å². The number of nitrogens with one attached hydrogen (secondary N) is 2. The van der Waals surface area contributed by atoms with Crippen LogP contribution in [0.5, 0.6) is 0 Å². The molecule has 0 unspecified atom stereocenters. The Kier molecular flexibility index (Phi) is 3.91. The third-order valence-electron chi connectivity index (χ3n) is 2.66. The van der Waals surface area contributed by atoms with Gasteiger partial charge >= 0.3 is 13.3 Å². The summed E-state index contributed by atoms with van der Waals surface area (Å²) in [5, 5.41) is 9.50. The lowest BCUT2D eigenvalue weighted by Gasteiger charge is -2.11. The number of imidazole rings is 1. The van der Waals surface area contributed by atoms with Crippen LogP contribution >= 0.6 is 7.60 Å². The van der Waals surface area contributed by atoms with E-state index in [1.807, 2.05) is 4.98 Å². The largest absolute Gasteiger partial charge is 0.392 e. The van der Waals surface area contributed by atoms with E-state index in [0.29, 0.717) is 0 Å². The molecule has 10 nitrogen and oxygen atoms in total. The van der Waals surface area contributed by atoms with Gasteiger partial charge in [-0.2, -0.15) is 0 Å². The topological polar surface area (TPSA) is 161 Å². The molecule has 0 saturated carbocycles. The lowest BCUT2D eigenvalue weighted by molar-refractivity contribution is 0.173. The Morgan fingerprint density at radius 1 is 1.35 bits per heavy atom. The van der Waals surface area contributed by atoms with Gasteiger partial charge < -0.3 is 19.5 Å². The average molecular weight is 304 g/mol. The molecular formula is C9H13N4O6P. The highest BCUT2D eigenvalue weighted by Gasteiger charge is 2.19. The van der Waals surface area contributed by atoms with Crippen molar-refractivity contribution >= 4 is 18.8 Å². The van der Waals surface area contributed by atoms with Gasteiger partial charge in [0.2, 0.25) is 0 Å².